The van der Waals surface area contributed by atoms with E-state index in [9.17, 15) is 4.79 Å². The van der Waals surface area contributed by atoms with Crippen LogP contribution in [0.1, 0.15) is 18.1 Å². The van der Waals surface area contributed by atoms with Crippen molar-refractivity contribution in [1.82, 2.24) is 10.3 Å². The fraction of sp³-hybridized carbons (Fsp3) is 0.188. The minimum absolute atomic E-state index is 0.106. The molecule has 1 aromatic heterocycles. The van der Waals surface area contributed by atoms with Crippen LogP contribution in [0.2, 0.25) is 0 Å². The van der Waals surface area contributed by atoms with E-state index in [1.807, 2.05) is 36.4 Å². The lowest BCUT2D eigenvalue weighted by Gasteiger charge is -2.14. The van der Waals surface area contributed by atoms with Crippen molar-refractivity contribution in [3.63, 3.8) is 0 Å². The van der Waals surface area contributed by atoms with Crippen molar-refractivity contribution < 1.29 is 4.79 Å². The maximum Gasteiger partial charge on any atom is 0.242 e. The molecule has 0 saturated heterocycles. The van der Waals surface area contributed by atoms with Crippen molar-refractivity contribution in [3.05, 3.63) is 59.8 Å². The van der Waals surface area contributed by atoms with Crippen molar-refractivity contribution in [2.45, 2.75) is 19.5 Å². The highest BCUT2D eigenvalue weighted by atomic mass is 16.2. The third kappa shape index (κ3) is 4.32. The van der Waals surface area contributed by atoms with Crippen LogP contribution in [-0.2, 0) is 11.3 Å². The highest BCUT2D eigenvalue weighted by Gasteiger charge is 2.12. The van der Waals surface area contributed by atoms with Crippen LogP contribution in [-0.4, -0.2) is 16.9 Å². The molecule has 0 spiro atoms. The molecule has 1 atom stereocenters. The van der Waals surface area contributed by atoms with Crippen LogP contribution in [0.3, 0.4) is 0 Å². The van der Waals surface area contributed by atoms with E-state index < -0.39 is 6.04 Å². The molecular formula is C16H16N4O. The SMILES string of the molecule is CC(Nc1ccc(C#N)cn1)C(=O)NCc1ccccc1. The maximum absolute atomic E-state index is 12.0. The van der Waals surface area contributed by atoms with E-state index in [1.165, 1.54) is 6.20 Å². The van der Waals surface area contributed by atoms with Gasteiger partial charge in [0.15, 0.2) is 0 Å². The lowest BCUT2D eigenvalue weighted by Crippen LogP contribution is -2.37. The van der Waals surface area contributed by atoms with Gasteiger partial charge in [0.25, 0.3) is 0 Å². The minimum Gasteiger partial charge on any atom is -0.359 e. The van der Waals surface area contributed by atoms with Gasteiger partial charge in [0, 0.05) is 12.7 Å². The van der Waals surface area contributed by atoms with E-state index in [0.717, 1.165) is 5.56 Å². The highest BCUT2D eigenvalue weighted by Crippen LogP contribution is 2.06. The van der Waals surface area contributed by atoms with Crippen LogP contribution in [0.25, 0.3) is 0 Å². The largest absolute Gasteiger partial charge is 0.359 e. The highest BCUT2D eigenvalue weighted by molar-refractivity contribution is 5.83. The molecule has 5 nitrogen and oxygen atoms in total. The van der Waals surface area contributed by atoms with E-state index in [0.29, 0.717) is 17.9 Å². The fourth-order valence-electron chi connectivity index (χ4n) is 1.77. The summed E-state index contributed by atoms with van der Waals surface area (Å²) in [6.07, 6.45) is 1.47. The number of nitrogens with one attached hydrogen (secondary N) is 2. The third-order valence-corrected chi connectivity index (χ3v) is 2.96. The molecule has 0 aliphatic rings. The summed E-state index contributed by atoms with van der Waals surface area (Å²) >= 11 is 0. The topological polar surface area (TPSA) is 77.8 Å². The Hall–Kier alpha value is -2.87. The van der Waals surface area contributed by atoms with E-state index >= 15 is 0 Å². The lowest BCUT2D eigenvalue weighted by molar-refractivity contribution is -0.121. The Morgan fingerprint density at radius 1 is 1.29 bits per heavy atom. The molecule has 2 N–H and O–H groups in total. The molecule has 0 fully saturated rings. The molecular weight excluding hydrogens is 264 g/mol. The summed E-state index contributed by atoms with van der Waals surface area (Å²) in [5.74, 6) is 0.460. The standard InChI is InChI=1S/C16H16N4O/c1-12(20-15-8-7-14(9-17)11-18-15)16(21)19-10-13-5-3-2-4-6-13/h2-8,11-12H,10H2,1H3,(H,18,20)(H,19,21). The van der Waals surface area contributed by atoms with Crippen LogP contribution < -0.4 is 10.6 Å². The normalized spacial score (nSPS) is 11.2. The van der Waals surface area contributed by atoms with Crippen LogP contribution in [0.5, 0.6) is 0 Å². The number of nitrogens with zero attached hydrogens (tertiary/aromatic N) is 2. The predicted octanol–water partition coefficient (Wildman–Crippen LogP) is 2.07. The number of benzene rings is 1. The number of hydrogen-bond acceptors (Lipinski definition) is 4. The third-order valence-electron chi connectivity index (χ3n) is 2.96. The first-order chi connectivity index (χ1) is 10.2. The molecule has 0 radical (unpaired) electrons. The zero-order valence-corrected chi connectivity index (χ0v) is 11.7. The molecule has 106 valence electrons. The van der Waals surface area contributed by atoms with Gasteiger partial charge >= 0.3 is 0 Å². The Labute approximate surface area is 123 Å². The van der Waals surface area contributed by atoms with Gasteiger partial charge in [-0.1, -0.05) is 30.3 Å². The molecule has 5 heteroatoms. The van der Waals surface area contributed by atoms with Crippen LogP contribution in [0, 0.1) is 11.3 Å². The number of amides is 1. The molecule has 2 rings (SSSR count). The molecule has 0 saturated carbocycles. The smallest absolute Gasteiger partial charge is 0.242 e. The Morgan fingerprint density at radius 2 is 2.05 bits per heavy atom. The number of hydrogen-bond donors (Lipinski definition) is 2. The van der Waals surface area contributed by atoms with Gasteiger partial charge in [-0.05, 0) is 24.6 Å². The van der Waals surface area contributed by atoms with Crippen LogP contribution in [0.4, 0.5) is 5.82 Å². The fourth-order valence-corrected chi connectivity index (χ4v) is 1.77. The van der Waals surface area contributed by atoms with Gasteiger partial charge in [-0.2, -0.15) is 5.26 Å². The van der Waals surface area contributed by atoms with Gasteiger partial charge in [-0.15, -0.1) is 0 Å². The molecule has 21 heavy (non-hydrogen) atoms. The predicted molar refractivity (Wildman–Crippen MR) is 80.3 cm³/mol. The summed E-state index contributed by atoms with van der Waals surface area (Å²) in [6, 6.07) is 14.7. The van der Waals surface area contributed by atoms with Crippen LogP contribution >= 0.6 is 0 Å². The Bertz CT molecular complexity index is 632. The second kappa shape index (κ2) is 7.06. The zero-order valence-electron chi connectivity index (χ0n) is 11.7. The van der Waals surface area contributed by atoms with E-state index in [4.69, 9.17) is 5.26 Å². The first kappa shape index (κ1) is 14.5. The van der Waals surface area contributed by atoms with Crippen molar-refractivity contribution >= 4 is 11.7 Å². The number of nitriles is 1. The Kier molecular flexibility index (Phi) is 4.89. The summed E-state index contributed by atoms with van der Waals surface area (Å²) in [7, 11) is 0. The molecule has 1 aromatic carbocycles. The summed E-state index contributed by atoms with van der Waals surface area (Å²) < 4.78 is 0. The summed E-state index contributed by atoms with van der Waals surface area (Å²) in [4.78, 5) is 16.1. The van der Waals surface area contributed by atoms with Gasteiger partial charge in [0.05, 0.1) is 5.56 Å². The first-order valence-corrected chi connectivity index (χ1v) is 6.63. The molecule has 1 unspecified atom stereocenters. The van der Waals surface area contributed by atoms with Gasteiger partial charge in [-0.3, -0.25) is 4.79 Å². The van der Waals surface area contributed by atoms with Gasteiger partial charge in [0.1, 0.15) is 17.9 Å². The summed E-state index contributed by atoms with van der Waals surface area (Å²) in [6.45, 7) is 2.26. The molecule has 1 amide bonds. The number of carbonyl (C=O) groups is 1. The van der Waals surface area contributed by atoms with Crippen molar-refractivity contribution in [2.75, 3.05) is 5.32 Å². The van der Waals surface area contributed by atoms with E-state index in [1.54, 1.807) is 19.1 Å². The van der Waals surface area contributed by atoms with Crippen molar-refractivity contribution in [3.8, 4) is 6.07 Å². The zero-order chi connectivity index (χ0) is 15.1. The molecule has 0 bridgehead atoms. The average molecular weight is 280 g/mol. The number of anilines is 1. The Balaban J connectivity index is 1.86. The Morgan fingerprint density at radius 3 is 2.67 bits per heavy atom. The maximum atomic E-state index is 12.0. The number of aromatic nitrogens is 1. The number of carbonyl (C=O) groups excluding carboxylic acids is 1. The summed E-state index contributed by atoms with van der Waals surface area (Å²) in [5.41, 5.74) is 1.54. The van der Waals surface area contributed by atoms with Crippen molar-refractivity contribution in [1.29, 1.82) is 5.26 Å². The number of rotatable bonds is 5. The van der Waals surface area contributed by atoms with Gasteiger partial charge in [-0.25, -0.2) is 4.98 Å². The average Bonchev–Trinajstić information content (AvgIpc) is 2.54. The van der Waals surface area contributed by atoms with Gasteiger partial charge < -0.3 is 10.6 Å². The molecule has 1 heterocycles. The van der Waals surface area contributed by atoms with Gasteiger partial charge in [0.2, 0.25) is 5.91 Å². The number of pyridine rings is 1. The van der Waals surface area contributed by atoms with Crippen molar-refractivity contribution in [2.24, 2.45) is 0 Å². The lowest BCUT2D eigenvalue weighted by atomic mass is 10.2. The summed E-state index contributed by atoms with van der Waals surface area (Å²) in [5, 5.41) is 14.6. The molecule has 0 aliphatic carbocycles. The van der Waals surface area contributed by atoms with Crippen LogP contribution in [0.15, 0.2) is 48.7 Å². The quantitative estimate of drug-likeness (QED) is 0.879. The van der Waals surface area contributed by atoms with E-state index in [2.05, 4.69) is 15.6 Å². The molecule has 2 aromatic rings. The second-order valence-corrected chi connectivity index (χ2v) is 4.61. The second-order valence-electron chi connectivity index (χ2n) is 4.61. The minimum atomic E-state index is -0.408. The first-order valence-electron chi connectivity index (χ1n) is 6.63. The molecule has 0 aliphatic heterocycles. The van der Waals surface area contributed by atoms with E-state index in [-0.39, 0.29) is 5.91 Å². The monoisotopic (exact) mass is 280 g/mol.